The number of nitro benzene ring substituents is 1. The van der Waals surface area contributed by atoms with Crippen molar-refractivity contribution in [3.05, 3.63) is 57.6 Å². The summed E-state index contributed by atoms with van der Waals surface area (Å²) in [5.74, 6) is -0.188. The molecule has 1 heterocycles. The second kappa shape index (κ2) is 5.62. The molecule has 0 aliphatic rings. The summed E-state index contributed by atoms with van der Waals surface area (Å²) in [7, 11) is 0. The van der Waals surface area contributed by atoms with E-state index in [1.165, 1.54) is 30.4 Å². The summed E-state index contributed by atoms with van der Waals surface area (Å²) in [5, 5.41) is 15.5. The predicted molar refractivity (Wildman–Crippen MR) is 77.7 cm³/mol. The lowest BCUT2D eigenvalue weighted by molar-refractivity contribution is -0.384. The molecule has 0 radical (unpaired) electrons. The van der Waals surface area contributed by atoms with Crippen LogP contribution >= 0.6 is 11.3 Å². The molecule has 0 aliphatic carbocycles. The molecule has 0 spiro atoms. The molecule has 6 nitrogen and oxygen atoms in total. The number of aromatic nitrogens is 1. The maximum absolute atomic E-state index is 10.9. The number of nitrogens with one attached hydrogen (secondary N) is 1. The summed E-state index contributed by atoms with van der Waals surface area (Å²) in [4.78, 5) is 25.3. The van der Waals surface area contributed by atoms with Crippen molar-refractivity contribution in [2.45, 2.75) is 6.92 Å². The predicted octanol–water partition coefficient (Wildman–Crippen LogP) is 3.07. The summed E-state index contributed by atoms with van der Waals surface area (Å²) in [5.41, 5.74) is 2.05. The molecule has 0 aliphatic heterocycles. The van der Waals surface area contributed by atoms with Crippen molar-refractivity contribution in [3.63, 3.8) is 0 Å². The van der Waals surface area contributed by atoms with E-state index in [1.54, 1.807) is 17.5 Å². The Hall–Kier alpha value is -2.54. The SMILES string of the molecule is C=C(c1ccc([N+](=O)[O-])cc1)c1csc(NC(C)=O)n1. The first-order valence-corrected chi connectivity index (χ1v) is 6.52. The van der Waals surface area contributed by atoms with Crippen LogP contribution in [-0.2, 0) is 4.79 Å². The van der Waals surface area contributed by atoms with Gasteiger partial charge in [0.2, 0.25) is 5.91 Å². The van der Waals surface area contributed by atoms with Crippen LogP contribution in [0.25, 0.3) is 5.57 Å². The molecule has 1 aromatic heterocycles. The van der Waals surface area contributed by atoms with Crippen LogP contribution < -0.4 is 5.32 Å². The van der Waals surface area contributed by atoms with Crippen LogP contribution in [0.4, 0.5) is 10.8 Å². The van der Waals surface area contributed by atoms with Gasteiger partial charge in [0.25, 0.3) is 5.69 Å². The average Bonchev–Trinajstić information content (AvgIpc) is 2.85. The molecule has 7 heteroatoms. The number of non-ortho nitro benzene ring substituents is 1. The molecule has 0 fully saturated rings. The third-order valence-corrected chi connectivity index (χ3v) is 3.28. The first-order valence-electron chi connectivity index (χ1n) is 5.64. The summed E-state index contributed by atoms with van der Waals surface area (Å²) in [6.07, 6.45) is 0. The molecule has 0 atom stereocenters. The van der Waals surface area contributed by atoms with E-state index in [-0.39, 0.29) is 11.6 Å². The maximum atomic E-state index is 10.9. The first-order chi connectivity index (χ1) is 9.47. The first kappa shape index (κ1) is 13.9. The lowest BCUT2D eigenvalue weighted by Crippen LogP contribution is -2.05. The van der Waals surface area contributed by atoms with Crippen molar-refractivity contribution in [1.82, 2.24) is 4.98 Å². The number of hydrogen-bond donors (Lipinski definition) is 1. The number of carbonyl (C=O) groups excluding carboxylic acids is 1. The number of anilines is 1. The standard InChI is InChI=1S/C13H11N3O3S/c1-8(10-3-5-11(6-4-10)16(18)19)12-7-20-13(15-12)14-9(2)17/h3-7H,1H2,2H3,(H,14,15,17). The molecule has 2 aromatic rings. The lowest BCUT2D eigenvalue weighted by atomic mass is 10.1. The third kappa shape index (κ3) is 3.07. The van der Waals surface area contributed by atoms with Gasteiger partial charge in [0.05, 0.1) is 10.6 Å². The Morgan fingerprint density at radius 2 is 2.05 bits per heavy atom. The fourth-order valence-electron chi connectivity index (χ4n) is 1.55. The van der Waals surface area contributed by atoms with Gasteiger partial charge in [0.15, 0.2) is 5.13 Å². The van der Waals surface area contributed by atoms with Crippen LogP contribution in [0.1, 0.15) is 18.2 Å². The Kier molecular flexibility index (Phi) is 3.90. The van der Waals surface area contributed by atoms with Gasteiger partial charge in [0, 0.05) is 30.0 Å². The van der Waals surface area contributed by atoms with Crippen LogP contribution in [0.5, 0.6) is 0 Å². The Labute approximate surface area is 118 Å². The fraction of sp³-hybridized carbons (Fsp3) is 0.0769. The second-order valence-corrected chi connectivity index (χ2v) is 4.86. The summed E-state index contributed by atoms with van der Waals surface area (Å²) < 4.78 is 0. The van der Waals surface area contributed by atoms with Gasteiger partial charge in [-0.1, -0.05) is 6.58 Å². The zero-order valence-corrected chi connectivity index (χ0v) is 11.4. The normalized spacial score (nSPS) is 10.1. The van der Waals surface area contributed by atoms with Gasteiger partial charge in [-0.3, -0.25) is 14.9 Å². The van der Waals surface area contributed by atoms with Crippen LogP contribution in [-0.4, -0.2) is 15.8 Å². The second-order valence-electron chi connectivity index (χ2n) is 4.00. The van der Waals surface area contributed by atoms with Crippen molar-refractivity contribution < 1.29 is 9.72 Å². The molecular formula is C13H11N3O3S. The summed E-state index contributed by atoms with van der Waals surface area (Å²) in [6.45, 7) is 5.33. The number of hydrogen-bond acceptors (Lipinski definition) is 5. The molecule has 20 heavy (non-hydrogen) atoms. The van der Waals surface area contributed by atoms with E-state index in [2.05, 4.69) is 16.9 Å². The van der Waals surface area contributed by atoms with E-state index in [1.807, 2.05) is 0 Å². The summed E-state index contributed by atoms with van der Waals surface area (Å²) in [6, 6.07) is 6.08. The molecular weight excluding hydrogens is 278 g/mol. The molecule has 102 valence electrons. The van der Waals surface area contributed by atoms with Gasteiger partial charge < -0.3 is 5.32 Å². The molecule has 0 unspecified atom stereocenters. The Balaban J connectivity index is 2.20. The van der Waals surface area contributed by atoms with Crippen molar-refractivity contribution in [2.24, 2.45) is 0 Å². The van der Waals surface area contributed by atoms with Crippen LogP contribution in [0.3, 0.4) is 0 Å². The minimum Gasteiger partial charge on any atom is -0.302 e. The topological polar surface area (TPSA) is 85.1 Å². The van der Waals surface area contributed by atoms with Crippen LogP contribution in [0, 0.1) is 10.1 Å². The largest absolute Gasteiger partial charge is 0.302 e. The highest BCUT2D eigenvalue weighted by atomic mass is 32.1. The van der Waals surface area contributed by atoms with Crippen LogP contribution in [0.15, 0.2) is 36.2 Å². The van der Waals surface area contributed by atoms with Crippen LogP contribution in [0.2, 0.25) is 0 Å². The molecule has 2 rings (SSSR count). The highest BCUT2D eigenvalue weighted by Gasteiger charge is 2.10. The van der Waals surface area contributed by atoms with E-state index < -0.39 is 4.92 Å². The zero-order valence-electron chi connectivity index (χ0n) is 10.6. The minimum atomic E-state index is -0.454. The summed E-state index contributed by atoms with van der Waals surface area (Å²) >= 11 is 1.30. The fourth-order valence-corrected chi connectivity index (χ4v) is 2.32. The number of rotatable bonds is 4. The minimum absolute atomic E-state index is 0.0266. The molecule has 0 saturated carbocycles. The quantitative estimate of drug-likeness (QED) is 0.692. The van der Waals surface area contributed by atoms with Crippen molar-refractivity contribution in [2.75, 3.05) is 5.32 Å². The van der Waals surface area contributed by atoms with E-state index in [0.29, 0.717) is 16.4 Å². The maximum Gasteiger partial charge on any atom is 0.269 e. The number of nitro groups is 1. The molecule has 1 N–H and O–H groups in total. The van der Waals surface area contributed by atoms with E-state index >= 15 is 0 Å². The van der Waals surface area contributed by atoms with E-state index in [9.17, 15) is 14.9 Å². The Morgan fingerprint density at radius 3 is 2.60 bits per heavy atom. The number of carbonyl (C=O) groups is 1. The van der Waals surface area contributed by atoms with E-state index in [4.69, 9.17) is 0 Å². The van der Waals surface area contributed by atoms with Gasteiger partial charge in [-0.15, -0.1) is 11.3 Å². The zero-order chi connectivity index (χ0) is 14.7. The molecule has 0 bridgehead atoms. The highest BCUT2D eigenvalue weighted by molar-refractivity contribution is 7.14. The van der Waals surface area contributed by atoms with Gasteiger partial charge in [-0.25, -0.2) is 4.98 Å². The molecule has 0 saturated heterocycles. The number of amides is 1. The van der Waals surface area contributed by atoms with Crippen molar-refractivity contribution >= 4 is 33.6 Å². The third-order valence-electron chi connectivity index (χ3n) is 2.52. The molecule has 1 amide bonds. The average molecular weight is 289 g/mol. The van der Waals surface area contributed by atoms with Crippen molar-refractivity contribution in [3.8, 4) is 0 Å². The van der Waals surface area contributed by atoms with Crippen molar-refractivity contribution in [1.29, 1.82) is 0 Å². The number of benzene rings is 1. The van der Waals surface area contributed by atoms with Gasteiger partial charge in [-0.2, -0.15) is 0 Å². The monoisotopic (exact) mass is 289 g/mol. The Bertz CT molecular complexity index is 676. The van der Waals surface area contributed by atoms with Gasteiger partial charge in [-0.05, 0) is 17.7 Å². The van der Waals surface area contributed by atoms with Gasteiger partial charge in [0.1, 0.15) is 0 Å². The Morgan fingerprint density at radius 1 is 1.40 bits per heavy atom. The highest BCUT2D eigenvalue weighted by Crippen LogP contribution is 2.26. The number of nitrogens with zero attached hydrogens (tertiary/aromatic N) is 2. The smallest absolute Gasteiger partial charge is 0.269 e. The molecule has 1 aromatic carbocycles. The number of thiazole rings is 1. The lowest BCUT2D eigenvalue weighted by Gasteiger charge is -2.02. The van der Waals surface area contributed by atoms with E-state index in [0.717, 1.165) is 5.56 Å². The van der Waals surface area contributed by atoms with Gasteiger partial charge >= 0.3 is 0 Å².